The Morgan fingerprint density at radius 2 is 1.56 bits per heavy atom. The van der Waals surface area contributed by atoms with Crippen molar-refractivity contribution in [2.45, 2.75) is 70.5 Å². The zero-order valence-corrected chi connectivity index (χ0v) is 18.5. The van der Waals surface area contributed by atoms with Gasteiger partial charge in [0.1, 0.15) is 24.1 Å². The predicted molar refractivity (Wildman–Crippen MR) is 113 cm³/mol. The van der Waals surface area contributed by atoms with E-state index in [1.54, 1.807) is 6.07 Å². The van der Waals surface area contributed by atoms with Gasteiger partial charge >= 0.3 is 5.97 Å². The second kappa shape index (κ2) is 13.8. The first-order valence-electron chi connectivity index (χ1n) is 9.88. The quantitative estimate of drug-likeness (QED) is 0.196. The average Bonchev–Trinajstić information content (AvgIpc) is 2.70. The summed E-state index contributed by atoms with van der Waals surface area (Å²) in [5, 5.41) is 66.9. The second-order valence-electron chi connectivity index (χ2n) is 7.67. The van der Waals surface area contributed by atoms with Crippen molar-refractivity contribution in [1.29, 1.82) is 0 Å². The highest BCUT2D eigenvalue weighted by atomic mass is 16.4. The number of hydrogen-bond acceptors (Lipinski definition) is 9. The molecule has 0 fully saturated rings. The van der Waals surface area contributed by atoms with Gasteiger partial charge in [-0.2, -0.15) is 0 Å². The highest BCUT2D eigenvalue weighted by Crippen LogP contribution is 2.25. The number of carbonyl (C=O) groups excluding carboxylic acids is 2. The Labute approximate surface area is 186 Å². The molecule has 1 amide bonds. The van der Waals surface area contributed by atoms with Crippen molar-refractivity contribution < 1.29 is 50.1 Å². The van der Waals surface area contributed by atoms with Gasteiger partial charge in [0.05, 0.1) is 18.8 Å². The van der Waals surface area contributed by atoms with Crippen molar-refractivity contribution in [3.8, 4) is 5.75 Å². The van der Waals surface area contributed by atoms with E-state index in [-0.39, 0.29) is 0 Å². The van der Waals surface area contributed by atoms with E-state index < -0.39 is 61.1 Å². The maximum Gasteiger partial charge on any atom is 0.372 e. The highest BCUT2D eigenvalue weighted by Gasteiger charge is 2.37. The lowest BCUT2D eigenvalue weighted by Gasteiger charge is -2.32. The molecule has 0 aliphatic carbocycles. The number of aliphatic hydroxyl groups excluding tert-OH is 5. The van der Waals surface area contributed by atoms with Crippen LogP contribution in [0.4, 0.5) is 0 Å². The van der Waals surface area contributed by atoms with Gasteiger partial charge in [0.25, 0.3) is 0 Å². The molecule has 0 bridgehead atoms. The zero-order valence-electron chi connectivity index (χ0n) is 18.5. The van der Waals surface area contributed by atoms with Crippen LogP contribution in [0, 0.1) is 6.92 Å². The zero-order chi connectivity index (χ0) is 25.2. The maximum absolute atomic E-state index is 11.0. The van der Waals surface area contributed by atoms with E-state index in [9.17, 15) is 39.9 Å². The summed E-state index contributed by atoms with van der Waals surface area (Å²) in [6, 6.07) is 4.20. The van der Waals surface area contributed by atoms with Crippen molar-refractivity contribution in [2.24, 2.45) is 0 Å². The van der Waals surface area contributed by atoms with Gasteiger partial charge in [0, 0.05) is 13.3 Å². The van der Waals surface area contributed by atoms with Crippen LogP contribution in [-0.4, -0.2) is 90.5 Å². The smallest absolute Gasteiger partial charge is 0.372 e. The molecule has 0 unspecified atom stereocenters. The maximum atomic E-state index is 11.0. The summed E-state index contributed by atoms with van der Waals surface area (Å²) < 4.78 is 0. The van der Waals surface area contributed by atoms with Crippen LogP contribution >= 0.6 is 0 Å². The number of carboxylic acids is 1. The fraction of sp³-hybridized carbons (Fsp3) is 0.571. The molecule has 0 heterocycles. The number of aliphatic hydroxyl groups is 5. The lowest BCUT2D eigenvalue weighted by atomic mass is 9.94. The number of rotatable bonds is 10. The minimum atomic E-state index is -1.94. The number of nitrogens with one attached hydrogen (secondary N) is 1. The molecule has 32 heavy (non-hydrogen) atoms. The summed E-state index contributed by atoms with van der Waals surface area (Å²) in [5.41, 5.74) is 2.13. The molecule has 0 aliphatic heterocycles. The minimum Gasteiger partial charge on any atom is -0.508 e. The number of phenols is 1. The normalized spacial score (nSPS) is 15.6. The molecule has 0 spiro atoms. The fourth-order valence-electron chi connectivity index (χ4n) is 2.74. The second-order valence-corrected chi connectivity index (χ2v) is 7.67. The number of phenolic OH excluding ortho intramolecular Hbond substituents is 1. The van der Waals surface area contributed by atoms with Crippen LogP contribution in [0.3, 0.4) is 0 Å². The van der Waals surface area contributed by atoms with Crippen LogP contribution < -0.4 is 5.32 Å². The Morgan fingerprint density at radius 1 is 1.00 bits per heavy atom. The molecule has 8 N–H and O–H groups in total. The van der Waals surface area contributed by atoms with Gasteiger partial charge in [-0.25, -0.2) is 4.79 Å². The monoisotopic (exact) mass is 459 g/mol. The van der Waals surface area contributed by atoms with Gasteiger partial charge in [0.2, 0.25) is 11.7 Å². The summed E-state index contributed by atoms with van der Waals surface area (Å²) in [6.07, 6.45) is -8.35. The molecule has 0 radical (unpaired) electrons. The highest BCUT2D eigenvalue weighted by molar-refractivity contribution is 6.32. The number of Topliss-reactive ketones (excluding diaryl/α,β-unsaturated/α-hetero) is 1. The van der Waals surface area contributed by atoms with Crippen molar-refractivity contribution in [2.75, 3.05) is 6.61 Å². The van der Waals surface area contributed by atoms with E-state index >= 15 is 0 Å². The number of aromatic hydroxyl groups is 1. The molecule has 1 aromatic carbocycles. The largest absolute Gasteiger partial charge is 0.508 e. The summed E-state index contributed by atoms with van der Waals surface area (Å²) in [4.78, 5) is 32.4. The van der Waals surface area contributed by atoms with Crippen molar-refractivity contribution >= 4 is 17.7 Å². The van der Waals surface area contributed by atoms with Gasteiger partial charge in [-0.3, -0.25) is 9.59 Å². The molecule has 1 aromatic rings. The number of aryl methyl sites for hydroxylation is 1. The van der Waals surface area contributed by atoms with Crippen LogP contribution in [0.25, 0.3) is 0 Å². The van der Waals surface area contributed by atoms with E-state index in [4.69, 9.17) is 10.2 Å². The number of aliphatic carboxylic acids is 1. The lowest BCUT2D eigenvalue weighted by Crippen LogP contribution is -2.57. The molecule has 0 saturated carbocycles. The molecular formula is C21H33NO10. The predicted octanol–water partition coefficient (Wildman–Crippen LogP) is -1.21. The first kappa shape index (κ1) is 29.4. The third-order valence-corrected chi connectivity index (χ3v) is 4.52. The molecule has 11 nitrogen and oxygen atoms in total. The Morgan fingerprint density at radius 3 is 1.97 bits per heavy atom. The first-order valence-corrected chi connectivity index (χ1v) is 9.88. The van der Waals surface area contributed by atoms with E-state index in [1.165, 1.54) is 0 Å². The summed E-state index contributed by atoms with van der Waals surface area (Å²) in [7, 11) is 0. The van der Waals surface area contributed by atoms with Gasteiger partial charge in [-0.15, -0.1) is 0 Å². The minimum absolute atomic E-state index is 0.399. The van der Waals surface area contributed by atoms with Crippen LogP contribution in [0.2, 0.25) is 0 Å². The van der Waals surface area contributed by atoms with Gasteiger partial charge in [0.15, 0.2) is 0 Å². The van der Waals surface area contributed by atoms with Crippen molar-refractivity contribution in [1.82, 2.24) is 5.32 Å². The molecule has 11 heteroatoms. The average molecular weight is 459 g/mol. The van der Waals surface area contributed by atoms with Crippen LogP contribution in [0.1, 0.15) is 44.2 Å². The number of hydrogen-bond donors (Lipinski definition) is 8. The first-order chi connectivity index (χ1) is 14.7. The van der Waals surface area contributed by atoms with Gasteiger partial charge < -0.3 is 41.1 Å². The van der Waals surface area contributed by atoms with E-state index in [2.05, 4.69) is 13.8 Å². The van der Waals surface area contributed by atoms with Crippen molar-refractivity contribution in [3.63, 3.8) is 0 Å². The Hall–Kier alpha value is -2.57. The van der Waals surface area contributed by atoms with Gasteiger partial charge in [-0.1, -0.05) is 26.0 Å². The van der Waals surface area contributed by atoms with Crippen molar-refractivity contribution in [3.05, 3.63) is 29.3 Å². The topological polar surface area (TPSA) is 205 Å². The Kier molecular flexibility index (Phi) is 12.7. The number of carbonyl (C=O) groups is 3. The molecule has 0 aromatic heterocycles. The molecule has 0 aliphatic rings. The van der Waals surface area contributed by atoms with E-state index in [0.717, 1.165) is 18.1 Å². The number of benzene rings is 1. The number of carboxylic acid groups (broad SMARTS) is 1. The van der Waals surface area contributed by atoms with E-state index in [0.29, 0.717) is 11.7 Å². The van der Waals surface area contributed by atoms with Crippen LogP contribution in [0.5, 0.6) is 5.75 Å². The molecule has 182 valence electrons. The SMILES string of the molecule is CC(=O)N[C@@H]([C@@H](O)[C@H](O)[C@H](O)CO)[C@@H](O)CC(=O)C(=O)O.Cc1ccc(C(C)C)c(O)c1. The fourth-order valence-corrected chi connectivity index (χ4v) is 2.74. The van der Waals surface area contributed by atoms with E-state index in [1.807, 2.05) is 24.4 Å². The summed E-state index contributed by atoms with van der Waals surface area (Å²) in [6.45, 7) is 6.26. The van der Waals surface area contributed by atoms with Gasteiger partial charge in [-0.05, 0) is 30.0 Å². The third kappa shape index (κ3) is 9.71. The van der Waals surface area contributed by atoms with Crippen LogP contribution in [-0.2, 0) is 14.4 Å². The molecule has 5 atom stereocenters. The molecule has 1 rings (SSSR count). The summed E-state index contributed by atoms with van der Waals surface area (Å²) in [5.74, 6) is -3.08. The Balaban J connectivity index is 0.000000726. The third-order valence-electron chi connectivity index (χ3n) is 4.52. The Bertz CT molecular complexity index is 767. The molecule has 0 saturated heterocycles. The van der Waals surface area contributed by atoms with Crippen LogP contribution in [0.15, 0.2) is 18.2 Å². The molecular weight excluding hydrogens is 426 g/mol. The number of ketones is 1. The summed E-state index contributed by atoms with van der Waals surface area (Å²) >= 11 is 0. The lowest BCUT2D eigenvalue weighted by molar-refractivity contribution is -0.151. The standard InChI is InChI=1S/C11H19NO9.C10H14O/c1-4(14)12-8(5(15)2-6(16)11(20)21)10(19)9(18)7(17)3-13;1-7(2)9-5-4-8(3)6-10(9)11/h5,7-10,13,15,17-19H,2-3H2,1H3,(H,12,14)(H,20,21);4-7,11H,1-3H3/t5-,7+,8+,9+,10+;/m0./s1. The number of amides is 1.